The molecule has 1 heteroatoms. The standard InChI is InChI=1S/C14H17N/c1-8-6-15-7-13-11(4)9(2)10(3)12(5)14(8)13/h6-7H,1-5H3. The molecule has 0 aliphatic carbocycles. The third kappa shape index (κ3) is 1.34. The molecule has 15 heavy (non-hydrogen) atoms. The number of rotatable bonds is 0. The molecule has 0 saturated heterocycles. The van der Waals surface area contributed by atoms with Crippen LogP contribution in [0.5, 0.6) is 0 Å². The molecule has 0 N–H and O–H groups in total. The van der Waals surface area contributed by atoms with Crippen LogP contribution in [0.2, 0.25) is 0 Å². The first-order chi connectivity index (χ1) is 7.04. The van der Waals surface area contributed by atoms with Crippen molar-refractivity contribution in [3.8, 4) is 0 Å². The summed E-state index contributed by atoms with van der Waals surface area (Å²) in [5.74, 6) is 0. The van der Waals surface area contributed by atoms with E-state index in [0.717, 1.165) is 0 Å². The summed E-state index contributed by atoms with van der Waals surface area (Å²) < 4.78 is 0. The average molecular weight is 199 g/mol. The van der Waals surface area contributed by atoms with Gasteiger partial charge in [0, 0.05) is 17.8 Å². The summed E-state index contributed by atoms with van der Waals surface area (Å²) >= 11 is 0. The number of benzene rings is 1. The molecule has 0 unspecified atom stereocenters. The normalized spacial score (nSPS) is 11.0. The van der Waals surface area contributed by atoms with Gasteiger partial charge in [0.1, 0.15) is 0 Å². The summed E-state index contributed by atoms with van der Waals surface area (Å²) in [5, 5.41) is 2.68. The van der Waals surface area contributed by atoms with Crippen molar-refractivity contribution >= 4 is 10.8 Å². The Labute approximate surface area is 91.2 Å². The second-order valence-corrected chi connectivity index (χ2v) is 4.38. The Morgan fingerprint density at radius 1 is 0.733 bits per heavy atom. The van der Waals surface area contributed by atoms with Crippen LogP contribution in [0.1, 0.15) is 27.8 Å². The van der Waals surface area contributed by atoms with E-state index in [4.69, 9.17) is 0 Å². The summed E-state index contributed by atoms with van der Waals surface area (Å²) in [7, 11) is 0. The van der Waals surface area contributed by atoms with Crippen molar-refractivity contribution in [3.05, 3.63) is 40.2 Å². The van der Waals surface area contributed by atoms with Crippen molar-refractivity contribution in [2.75, 3.05) is 0 Å². The van der Waals surface area contributed by atoms with E-state index in [0.29, 0.717) is 0 Å². The molecule has 0 spiro atoms. The highest BCUT2D eigenvalue weighted by Gasteiger charge is 2.10. The van der Waals surface area contributed by atoms with Crippen molar-refractivity contribution in [1.82, 2.24) is 4.98 Å². The molecule has 1 nitrogen and oxygen atoms in total. The summed E-state index contributed by atoms with van der Waals surface area (Å²) in [6.45, 7) is 10.9. The van der Waals surface area contributed by atoms with E-state index in [1.165, 1.54) is 38.6 Å². The van der Waals surface area contributed by atoms with E-state index in [1.54, 1.807) is 0 Å². The van der Waals surface area contributed by atoms with Crippen LogP contribution in [-0.4, -0.2) is 4.98 Å². The van der Waals surface area contributed by atoms with E-state index in [9.17, 15) is 0 Å². The Balaban J connectivity index is 3.08. The first-order valence-electron chi connectivity index (χ1n) is 5.34. The van der Waals surface area contributed by atoms with E-state index < -0.39 is 0 Å². The lowest BCUT2D eigenvalue weighted by atomic mass is 9.91. The first-order valence-corrected chi connectivity index (χ1v) is 5.34. The second kappa shape index (κ2) is 3.34. The van der Waals surface area contributed by atoms with Crippen molar-refractivity contribution in [2.24, 2.45) is 0 Å². The van der Waals surface area contributed by atoms with Gasteiger partial charge in [-0.1, -0.05) is 0 Å². The van der Waals surface area contributed by atoms with E-state index >= 15 is 0 Å². The van der Waals surface area contributed by atoms with Crippen molar-refractivity contribution < 1.29 is 0 Å². The molecule has 0 atom stereocenters. The Morgan fingerprint density at radius 2 is 1.33 bits per heavy atom. The highest BCUT2D eigenvalue weighted by Crippen LogP contribution is 2.30. The van der Waals surface area contributed by atoms with E-state index in [-0.39, 0.29) is 0 Å². The Bertz CT molecular complexity index is 539. The van der Waals surface area contributed by atoms with Gasteiger partial charge in [0.2, 0.25) is 0 Å². The predicted molar refractivity (Wildman–Crippen MR) is 65.4 cm³/mol. The van der Waals surface area contributed by atoms with Crippen molar-refractivity contribution in [1.29, 1.82) is 0 Å². The van der Waals surface area contributed by atoms with Gasteiger partial charge in [-0.05, 0) is 67.8 Å². The van der Waals surface area contributed by atoms with Crippen LogP contribution >= 0.6 is 0 Å². The molecule has 1 heterocycles. The number of hydrogen-bond acceptors (Lipinski definition) is 1. The summed E-state index contributed by atoms with van der Waals surface area (Å²) in [6, 6.07) is 0. The zero-order chi connectivity index (χ0) is 11.2. The molecule has 0 radical (unpaired) electrons. The smallest absolute Gasteiger partial charge is 0.0349 e. The molecule has 0 fully saturated rings. The third-order valence-corrected chi connectivity index (χ3v) is 3.60. The van der Waals surface area contributed by atoms with Gasteiger partial charge in [-0.2, -0.15) is 0 Å². The number of aryl methyl sites for hydroxylation is 3. The lowest BCUT2D eigenvalue weighted by Gasteiger charge is -2.14. The van der Waals surface area contributed by atoms with Crippen molar-refractivity contribution in [3.63, 3.8) is 0 Å². The number of aromatic nitrogens is 1. The molecule has 0 bridgehead atoms. The zero-order valence-corrected chi connectivity index (χ0v) is 10.1. The fraction of sp³-hybridized carbons (Fsp3) is 0.357. The SMILES string of the molecule is Cc1c(C)c(C)c2c(C)cncc2c1C. The summed E-state index contributed by atoms with van der Waals surface area (Å²) in [6.07, 6.45) is 3.93. The van der Waals surface area contributed by atoms with Gasteiger partial charge < -0.3 is 0 Å². The van der Waals surface area contributed by atoms with Gasteiger partial charge in [-0.3, -0.25) is 4.98 Å². The van der Waals surface area contributed by atoms with Crippen LogP contribution in [0.3, 0.4) is 0 Å². The molecule has 1 aromatic carbocycles. The van der Waals surface area contributed by atoms with Crippen LogP contribution in [0.25, 0.3) is 10.8 Å². The zero-order valence-electron chi connectivity index (χ0n) is 10.1. The lowest BCUT2D eigenvalue weighted by Crippen LogP contribution is -1.96. The number of nitrogens with zero attached hydrogens (tertiary/aromatic N) is 1. The maximum atomic E-state index is 4.29. The van der Waals surface area contributed by atoms with E-state index in [1.807, 2.05) is 12.4 Å². The van der Waals surface area contributed by atoms with Crippen LogP contribution in [-0.2, 0) is 0 Å². The highest BCUT2D eigenvalue weighted by atomic mass is 14.6. The molecular formula is C14H17N. The summed E-state index contributed by atoms with van der Waals surface area (Å²) in [4.78, 5) is 4.29. The molecular weight excluding hydrogens is 182 g/mol. The number of fused-ring (bicyclic) bond motifs is 1. The largest absolute Gasteiger partial charge is 0.264 e. The maximum absolute atomic E-state index is 4.29. The third-order valence-electron chi connectivity index (χ3n) is 3.60. The fourth-order valence-electron chi connectivity index (χ4n) is 2.30. The molecule has 78 valence electrons. The number of hydrogen-bond donors (Lipinski definition) is 0. The van der Waals surface area contributed by atoms with Gasteiger partial charge in [-0.25, -0.2) is 0 Å². The molecule has 1 aromatic heterocycles. The van der Waals surface area contributed by atoms with E-state index in [2.05, 4.69) is 39.6 Å². The van der Waals surface area contributed by atoms with Gasteiger partial charge in [0.25, 0.3) is 0 Å². The Morgan fingerprint density at radius 3 is 2.00 bits per heavy atom. The minimum Gasteiger partial charge on any atom is -0.264 e. The monoisotopic (exact) mass is 199 g/mol. The minimum atomic E-state index is 1.27. The lowest BCUT2D eigenvalue weighted by molar-refractivity contribution is 1.22. The summed E-state index contributed by atoms with van der Waals surface area (Å²) in [5.41, 5.74) is 6.84. The molecule has 0 amide bonds. The second-order valence-electron chi connectivity index (χ2n) is 4.38. The predicted octanol–water partition coefficient (Wildman–Crippen LogP) is 3.78. The molecule has 0 aliphatic rings. The van der Waals surface area contributed by atoms with Crippen molar-refractivity contribution in [2.45, 2.75) is 34.6 Å². The quantitative estimate of drug-likeness (QED) is 0.629. The Hall–Kier alpha value is -1.37. The fourth-order valence-corrected chi connectivity index (χ4v) is 2.30. The minimum absolute atomic E-state index is 1.27. The molecule has 2 aromatic rings. The van der Waals surface area contributed by atoms with Crippen LogP contribution < -0.4 is 0 Å². The van der Waals surface area contributed by atoms with Crippen LogP contribution in [0, 0.1) is 34.6 Å². The first kappa shape index (κ1) is 10.2. The van der Waals surface area contributed by atoms with Gasteiger partial charge in [-0.15, -0.1) is 0 Å². The number of pyridine rings is 1. The topological polar surface area (TPSA) is 12.9 Å². The Kier molecular flexibility index (Phi) is 2.26. The van der Waals surface area contributed by atoms with Gasteiger partial charge in [0.15, 0.2) is 0 Å². The van der Waals surface area contributed by atoms with Crippen LogP contribution in [0.4, 0.5) is 0 Å². The molecule has 0 saturated carbocycles. The highest BCUT2D eigenvalue weighted by molar-refractivity contribution is 5.92. The molecule has 0 aliphatic heterocycles. The van der Waals surface area contributed by atoms with Crippen LogP contribution in [0.15, 0.2) is 12.4 Å². The van der Waals surface area contributed by atoms with Gasteiger partial charge in [0.05, 0.1) is 0 Å². The average Bonchev–Trinajstić information content (AvgIpc) is 2.23. The molecule has 2 rings (SSSR count). The van der Waals surface area contributed by atoms with Gasteiger partial charge >= 0.3 is 0 Å². The maximum Gasteiger partial charge on any atom is 0.0349 e.